The van der Waals surface area contributed by atoms with Gasteiger partial charge in [-0.15, -0.1) is 0 Å². The minimum Gasteiger partial charge on any atom is -0.508 e. The number of hydrogen-bond acceptors (Lipinski definition) is 5. The molecule has 1 fully saturated rings. The molecule has 0 bridgehead atoms. The highest BCUT2D eigenvalue weighted by Gasteiger charge is 2.46. The normalized spacial score (nSPS) is 29.9. The van der Waals surface area contributed by atoms with Crippen molar-refractivity contribution in [2.45, 2.75) is 31.9 Å². The van der Waals surface area contributed by atoms with Crippen LogP contribution >= 0.6 is 0 Å². The fourth-order valence-corrected chi connectivity index (χ4v) is 5.23. The molecular weight excluding hydrogens is 344 g/mol. The second kappa shape index (κ2) is 6.02. The van der Waals surface area contributed by atoms with Crippen LogP contribution in [0.15, 0.2) is 30.0 Å². The summed E-state index contributed by atoms with van der Waals surface area (Å²) in [5.41, 5.74) is 4.20. The van der Waals surface area contributed by atoms with Gasteiger partial charge in [0.1, 0.15) is 5.75 Å². The Labute approximate surface area is 157 Å². The van der Waals surface area contributed by atoms with E-state index >= 15 is 0 Å². The number of carbonyl (C=O) groups excluding carboxylic acids is 1. The molecule has 4 heterocycles. The number of aromatic hydroxyl groups is 1. The van der Waals surface area contributed by atoms with Crippen molar-refractivity contribution in [3.05, 3.63) is 41.3 Å². The Balaban J connectivity index is 1.55. The molecule has 3 aliphatic rings. The lowest BCUT2D eigenvalue weighted by molar-refractivity contribution is -0.139. The van der Waals surface area contributed by atoms with E-state index < -0.39 is 0 Å². The van der Waals surface area contributed by atoms with Crippen LogP contribution in [0.4, 0.5) is 0 Å². The highest BCUT2D eigenvalue weighted by atomic mass is 16.5. The molecule has 0 spiro atoms. The molecule has 3 aliphatic heterocycles. The third-order valence-corrected chi connectivity index (χ3v) is 6.62. The van der Waals surface area contributed by atoms with Gasteiger partial charge in [0.05, 0.1) is 31.1 Å². The van der Waals surface area contributed by atoms with Crippen LogP contribution in [-0.2, 0) is 20.7 Å². The number of methoxy groups -OCH3 is 1. The van der Waals surface area contributed by atoms with Gasteiger partial charge in [-0.1, -0.05) is 0 Å². The maximum atomic E-state index is 12.3. The van der Waals surface area contributed by atoms with Crippen LogP contribution < -0.4 is 0 Å². The molecule has 6 nitrogen and oxygen atoms in total. The first-order chi connectivity index (χ1) is 13.1. The van der Waals surface area contributed by atoms with Gasteiger partial charge in [-0.05, 0) is 37.5 Å². The maximum Gasteiger partial charge on any atom is 0.337 e. The number of phenols is 1. The first kappa shape index (κ1) is 16.7. The summed E-state index contributed by atoms with van der Waals surface area (Å²) >= 11 is 0. The van der Waals surface area contributed by atoms with Crippen LogP contribution in [0.25, 0.3) is 10.9 Å². The van der Waals surface area contributed by atoms with E-state index in [1.54, 1.807) is 18.4 Å². The molecule has 6 heteroatoms. The molecular formula is C21H24N2O4. The summed E-state index contributed by atoms with van der Waals surface area (Å²) in [6.45, 7) is 3.99. The van der Waals surface area contributed by atoms with Crippen LogP contribution in [0, 0.1) is 11.8 Å². The molecule has 27 heavy (non-hydrogen) atoms. The summed E-state index contributed by atoms with van der Waals surface area (Å²) in [5, 5.41) is 11.0. The van der Waals surface area contributed by atoms with Gasteiger partial charge in [0.25, 0.3) is 0 Å². The van der Waals surface area contributed by atoms with Crippen molar-refractivity contribution < 1.29 is 19.4 Å². The molecule has 1 saturated heterocycles. The van der Waals surface area contributed by atoms with Crippen LogP contribution in [0.5, 0.6) is 5.75 Å². The van der Waals surface area contributed by atoms with Gasteiger partial charge in [0, 0.05) is 47.6 Å². The molecule has 142 valence electrons. The van der Waals surface area contributed by atoms with Crippen molar-refractivity contribution in [1.82, 2.24) is 9.88 Å². The Morgan fingerprint density at radius 1 is 1.41 bits per heavy atom. The van der Waals surface area contributed by atoms with Crippen molar-refractivity contribution >= 4 is 16.9 Å². The van der Waals surface area contributed by atoms with Crippen molar-refractivity contribution in [3.63, 3.8) is 0 Å². The third-order valence-electron chi connectivity index (χ3n) is 6.62. The van der Waals surface area contributed by atoms with E-state index in [1.165, 1.54) is 23.8 Å². The standard InChI is InChI=1S/C21H24N2O4/c1-11-16-9-23-6-5-14-13-4-3-12(24)7-18(13)22-20(14)19(23)8-15(16)17(10-27-11)21(25)26-2/h3-4,7,10-11,15-16,19,22,24H,5-6,8-9H2,1-2H3/t11-,15-,16-,19-/m0/s1. The number of benzene rings is 1. The van der Waals surface area contributed by atoms with Crippen molar-refractivity contribution in [2.75, 3.05) is 20.2 Å². The number of aromatic nitrogens is 1. The van der Waals surface area contributed by atoms with E-state index in [0.29, 0.717) is 5.57 Å². The summed E-state index contributed by atoms with van der Waals surface area (Å²) in [6, 6.07) is 5.78. The Bertz CT molecular complexity index is 947. The van der Waals surface area contributed by atoms with E-state index in [2.05, 4.69) is 16.8 Å². The zero-order valence-corrected chi connectivity index (χ0v) is 15.6. The predicted octanol–water partition coefficient (Wildman–Crippen LogP) is 2.88. The SMILES string of the molecule is COC(=O)C1=CO[C@@H](C)[C@@H]2CN3CCc4c([nH]c5cc(O)ccc45)[C@@H]3C[C@H]12. The number of rotatable bonds is 1. The zero-order valence-electron chi connectivity index (χ0n) is 15.6. The minimum absolute atomic E-state index is 0.0883. The summed E-state index contributed by atoms with van der Waals surface area (Å²) in [4.78, 5) is 18.4. The highest BCUT2D eigenvalue weighted by Crippen LogP contribution is 2.47. The second-order valence-electron chi connectivity index (χ2n) is 7.92. The molecule has 0 unspecified atom stereocenters. The van der Waals surface area contributed by atoms with E-state index in [4.69, 9.17) is 9.47 Å². The molecule has 1 aromatic heterocycles. The number of nitrogens with zero attached hydrogens (tertiary/aromatic N) is 1. The fourth-order valence-electron chi connectivity index (χ4n) is 5.23. The molecule has 4 atom stereocenters. The number of phenolic OH excluding ortho intramolecular Hbond substituents is 1. The van der Waals surface area contributed by atoms with Gasteiger partial charge in [0.2, 0.25) is 0 Å². The second-order valence-corrected chi connectivity index (χ2v) is 7.92. The quantitative estimate of drug-likeness (QED) is 0.757. The molecule has 2 N–H and O–H groups in total. The van der Waals surface area contributed by atoms with Gasteiger partial charge in [-0.2, -0.15) is 0 Å². The largest absolute Gasteiger partial charge is 0.508 e. The summed E-state index contributed by atoms with van der Waals surface area (Å²) in [5.74, 6) is 0.405. The lowest BCUT2D eigenvalue weighted by atomic mass is 9.72. The van der Waals surface area contributed by atoms with Gasteiger partial charge < -0.3 is 19.6 Å². The minimum atomic E-state index is -0.289. The highest BCUT2D eigenvalue weighted by molar-refractivity contribution is 5.89. The molecule has 5 rings (SSSR count). The van der Waals surface area contributed by atoms with Crippen molar-refractivity contribution in [2.24, 2.45) is 11.8 Å². The first-order valence-corrected chi connectivity index (χ1v) is 9.58. The van der Waals surface area contributed by atoms with E-state index in [-0.39, 0.29) is 35.7 Å². The van der Waals surface area contributed by atoms with Crippen LogP contribution in [-0.4, -0.2) is 47.3 Å². The number of ether oxygens (including phenoxy) is 2. The average molecular weight is 368 g/mol. The Hall–Kier alpha value is -2.47. The average Bonchev–Trinajstić information content (AvgIpc) is 3.04. The molecule has 2 aromatic rings. The number of H-pyrrole nitrogens is 1. The number of piperidine rings is 1. The number of fused-ring (bicyclic) bond motifs is 6. The summed E-state index contributed by atoms with van der Waals surface area (Å²) < 4.78 is 10.8. The lowest BCUT2D eigenvalue weighted by Gasteiger charge is -2.49. The summed E-state index contributed by atoms with van der Waals surface area (Å²) in [6.07, 6.45) is 3.55. The number of aromatic amines is 1. The third kappa shape index (κ3) is 2.46. The van der Waals surface area contributed by atoms with Gasteiger partial charge in [-0.25, -0.2) is 4.79 Å². The predicted molar refractivity (Wildman–Crippen MR) is 100 cm³/mol. The number of nitrogens with one attached hydrogen (secondary N) is 1. The van der Waals surface area contributed by atoms with Gasteiger partial charge in [-0.3, -0.25) is 4.90 Å². The molecule has 0 radical (unpaired) electrons. The molecule has 0 aliphatic carbocycles. The van der Waals surface area contributed by atoms with Gasteiger partial charge >= 0.3 is 5.97 Å². The van der Waals surface area contributed by atoms with Crippen molar-refractivity contribution in [3.8, 4) is 5.75 Å². The summed E-state index contributed by atoms with van der Waals surface area (Å²) in [7, 11) is 1.42. The number of hydrogen-bond donors (Lipinski definition) is 2. The number of esters is 1. The zero-order chi connectivity index (χ0) is 18.7. The maximum absolute atomic E-state index is 12.3. The molecule has 1 aromatic carbocycles. The Kier molecular flexibility index (Phi) is 3.72. The van der Waals surface area contributed by atoms with Crippen LogP contribution in [0.3, 0.4) is 0 Å². The van der Waals surface area contributed by atoms with Gasteiger partial charge in [0.15, 0.2) is 0 Å². The smallest absolute Gasteiger partial charge is 0.337 e. The number of carbonyl (C=O) groups is 1. The Morgan fingerprint density at radius 3 is 3.07 bits per heavy atom. The van der Waals surface area contributed by atoms with E-state index in [9.17, 15) is 9.90 Å². The fraction of sp³-hybridized carbons (Fsp3) is 0.476. The molecule has 0 saturated carbocycles. The van der Waals surface area contributed by atoms with E-state index in [0.717, 1.165) is 31.4 Å². The monoisotopic (exact) mass is 368 g/mol. The molecule has 0 amide bonds. The van der Waals surface area contributed by atoms with Crippen molar-refractivity contribution in [1.29, 1.82) is 0 Å². The van der Waals surface area contributed by atoms with E-state index in [1.807, 2.05) is 6.07 Å². The first-order valence-electron chi connectivity index (χ1n) is 9.58. The van der Waals surface area contributed by atoms with Crippen LogP contribution in [0.2, 0.25) is 0 Å². The lowest BCUT2D eigenvalue weighted by Crippen LogP contribution is -2.51. The topological polar surface area (TPSA) is 74.8 Å². The van der Waals surface area contributed by atoms with Crippen LogP contribution in [0.1, 0.15) is 30.6 Å². The Morgan fingerprint density at radius 2 is 2.26 bits per heavy atom.